The van der Waals surface area contributed by atoms with Crippen LogP contribution in [0.15, 0.2) is 24.3 Å². The summed E-state index contributed by atoms with van der Waals surface area (Å²) in [6.45, 7) is 6.70. The lowest BCUT2D eigenvalue weighted by atomic mass is 9.99. The molecule has 22 heavy (non-hydrogen) atoms. The van der Waals surface area contributed by atoms with Crippen molar-refractivity contribution < 1.29 is 9.18 Å². The molecule has 2 N–H and O–H groups in total. The lowest BCUT2D eigenvalue weighted by Gasteiger charge is -2.30. The second-order valence-corrected chi connectivity index (χ2v) is 6.12. The molecule has 0 spiro atoms. The molecular weight excluding hydrogens is 281 g/mol. The zero-order valence-electron chi connectivity index (χ0n) is 13.3. The van der Waals surface area contributed by atoms with Crippen molar-refractivity contribution in [3.8, 4) is 0 Å². The molecule has 1 aliphatic rings. The maximum atomic E-state index is 13.0. The number of piperidine rings is 1. The highest BCUT2D eigenvalue weighted by Crippen LogP contribution is 2.15. The highest BCUT2D eigenvalue weighted by Gasteiger charge is 2.14. The minimum atomic E-state index is -0.282. The zero-order valence-corrected chi connectivity index (χ0v) is 13.3. The Bertz CT molecular complexity index is 473. The van der Waals surface area contributed by atoms with Crippen molar-refractivity contribution >= 4 is 6.03 Å². The summed E-state index contributed by atoms with van der Waals surface area (Å²) in [7, 11) is 0. The molecular formula is C17H26FN3O. The van der Waals surface area contributed by atoms with E-state index >= 15 is 0 Å². The summed E-state index contributed by atoms with van der Waals surface area (Å²) in [5, 5.41) is 5.59. The number of rotatable bonds is 6. The van der Waals surface area contributed by atoms with Gasteiger partial charge < -0.3 is 15.5 Å². The van der Waals surface area contributed by atoms with Crippen LogP contribution in [0, 0.1) is 11.7 Å². The van der Waals surface area contributed by atoms with E-state index < -0.39 is 0 Å². The van der Waals surface area contributed by atoms with Gasteiger partial charge in [-0.2, -0.15) is 0 Å². The van der Waals surface area contributed by atoms with Gasteiger partial charge in [-0.3, -0.25) is 0 Å². The van der Waals surface area contributed by atoms with Crippen LogP contribution in [0.4, 0.5) is 9.18 Å². The topological polar surface area (TPSA) is 44.4 Å². The zero-order chi connectivity index (χ0) is 15.8. The first-order valence-corrected chi connectivity index (χ1v) is 8.12. The maximum Gasteiger partial charge on any atom is 0.315 e. The van der Waals surface area contributed by atoms with Crippen molar-refractivity contribution in [2.24, 2.45) is 5.92 Å². The minimum absolute atomic E-state index is 0.198. The smallest absolute Gasteiger partial charge is 0.315 e. The van der Waals surface area contributed by atoms with Gasteiger partial charge in [-0.15, -0.1) is 0 Å². The summed E-state index contributed by atoms with van der Waals surface area (Å²) in [5.74, 6) is 0.568. The molecule has 5 heteroatoms. The van der Waals surface area contributed by atoms with Crippen LogP contribution in [-0.4, -0.2) is 37.1 Å². The molecule has 1 aromatic rings. The van der Waals surface area contributed by atoms with Crippen LogP contribution in [0.1, 0.15) is 31.7 Å². The second-order valence-electron chi connectivity index (χ2n) is 6.12. The normalized spacial score (nSPS) is 16.5. The average Bonchev–Trinajstić information content (AvgIpc) is 2.51. The SMILES string of the molecule is CC1CCN(CCCNC(=O)NCc2cccc(F)c2)CC1. The summed E-state index contributed by atoms with van der Waals surface area (Å²) in [5.41, 5.74) is 0.762. The van der Waals surface area contributed by atoms with E-state index in [0.29, 0.717) is 13.1 Å². The summed E-state index contributed by atoms with van der Waals surface area (Å²) >= 11 is 0. The lowest BCUT2D eigenvalue weighted by Crippen LogP contribution is -2.38. The Hall–Kier alpha value is -1.62. The Morgan fingerprint density at radius 1 is 1.32 bits per heavy atom. The minimum Gasteiger partial charge on any atom is -0.338 e. The quantitative estimate of drug-likeness (QED) is 0.794. The van der Waals surface area contributed by atoms with Crippen LogP contribution < -0.4 is 10.6 Å². The summed E-state index contributed by atoms with van der Waals surface area (Å²) < 4.78 is 13.0. The number of nitrogens with zero attached hydrogens (tertiary/aromatic N) is 1. The fraction of sp³-hybridized carbons (Fsp3) is 0.588. The van der Waals surface area contributed by atoms with Crippen LogP contribution in [-0.2, 0) is 6.54 Å². The number of amides is 2. The third-order valence-corrected chi connectivity index (χ3v) is 4.16. The summed E-state index contributed by atoms with van der Waals surface area (Å²) in [6.07, 6.45) is 3.52. The number of urea groups is 1. The number of benzene rings is 1. The van der Waals surface area contributed by atoms with Gasteiger partial charge in [0.25, 0.3) is 0 Å². The standard InChI is InChI=1S/C17H26FN3O/c1-14-6-10-21(11-7-14)9-3-8-19-17(22)20-13-15-4-2-5-16(18)12-15/h2,4-5,12,14H,3,6-11,13H2,1H3,(H2,19,20,22). The Balaban J connectivity index is 1.54. The molecule has 1 aromatic carbocycles. The highest BCUT2D eigenvalue weighted by molar-refractivity contribution is 5.73. The van der Waals surface area contributed by atoms with Gasteiger partial charge in [0.1, 0.15) is 5.82 Å². The predicted octanol–water partition coefficient (Wildman–Crippen LogP) is 2.75. The van der Waals surface area contributed by atoms with E-state index in [1.54, 1.807) is 12.1 Å². The van der Waals surface area contributed by atoms with E-state index in [-0.39, 0.29) is 11.8 Å². The lowest BCUT2D eigenvalue weighted by molar-refractivity contribution is 0.190. The van der Waals surface area contributed by atoms with Crippen LogP contribution in [0.5, 0.6) is 0 Å². The van der Waals surface area contributed by atoms with Gasteiger partial charge in [0.05, 0.1) is 0 Å². The van der Waals surface area contributed by atoms with Gasteiger partial charge >= 0.3 is 6.03 Å². The average molecular weight is 307 g/mol. The van der Waals surface area contributed by atoms with E-state index in [9.17, 15) is 9.18 Å². The first-order valence-electron chi connectivity index (χ1n) is 8.12. The van der Waals surface area contributed by atoms with Crippen molar-refractivity contribution in [2.75, 3.05) is 26.2 Å². The van der Waals surface area contributed by atoms with Crippen LogP contribution in [0.2, 0.25) is 0 Å². The molecule has 0 saturated carbocycles. The Labute approximate surface area is 132 Å². The van der Waals surface area contributed by atoms with Crippen LogP contribution >= 0.6 is 0 Å². The molecule has 0 aromatic heterocycles. The van der Waals surface area contributed by atoms with E-state index in [0.717, 1.165) is 24.4 Å². The molecule has 122 valence electrons. The second kappa shape index (κ2) is 8.73. The number of carbonyl (C=O) groups is 1. The summed E-state index contributed by atoms with van der Waals surface area (Å²) in [4.78, 5) is 14.1. The number of likely N-dealkylation sites (tertiary alicyclic amines) is 1. The van der Waals surface area contributed by atoms with Crippen molar-refractivity contribution in [1.29, 1.82) is 0 Å². The van der Waals surface area contributed by atoms with E-state index in [1.165, 1.54) is 38.1 Å². The molecule has 1 saturated heterocycles. The number of halogens is 1. The first-order chi connectivity index (χ1) is 10.6. The van der Waals surface area contributed by atoms with Crippen molar-refractivity contribution in [2.45, 2.75) is 32.7 Å². The molecule has 0 unspecified atom stereocenters. The van der Waals surface area contributed by atoms with E-state index in [2.05, 4.69) is 22.5 Å². The Kier molecular flexibility index (Phi) is 6.65. The summed E-state index contributed by atoms with van der Waals surface area (Å²) in [6, 6.07) is 6.06. The van der Waals surface area contributed by atoms with Crippen LogP contribution in [0.25, 0.3) is 0 Å². The molecule has 0 radical (unpaired) electrons. The molecule has 0 aliphatic carbocycles. The molecule has 2 rings (SSSR count). The predicted molar refractivity (Wildman–Crippen MR) is 86.1 cm³/mol. The number of nitrogens with one attached hydrogen (secondary N) is 2. The Morgan fingerprint density at radius 2 is 2.09 bits per heavy atom. The number of hydrogen-bond acceptors (Lipinski definition) is 2. The van der Waals surface area contributed by atoms with E-state index in [4.69, 9.17) is 0 Å². The number of hydrogen-bond donors (Lipinski definition) is 2. The molecule has 1 heterocycles. The number of carbonyl (C=O) groups excluding carboxylic acids is 1. The largest absolute Gasteiger partial charge is 0.338 e. The van der Waals surface area contributed by atoms with Gasteiger partial charge in [0.15, 0.2) is 0 Å². The van der Waals surface area contributed by atoms with E-state index in [1.807, 2.05) is 0 Å². The third kappa shape index (κ3) is 6.02. The molecule has 4 nitrogen and oxygen atoms in total. The fourth-order valence-corrected chi connectivity index (χ4v) is 2.68. The fourth-order valence-electron chi connectivity index (χ4n) is 2.68. The van der Waals surface area contributed by atoms with Crippen molar-refractivity contribution in [3.05, 3.63) is 35.6 Å². The van der Waals surface area contributed by atoms with Gasteiger partial charge in [-0.1, -0.05) is 19.1 Å². The molecule has 0 bridgehead atoms. The molecule has 2 amide bonds. The molecule has 0 atom stereocenters. The van der Waals surface area contributed by atoms with Gasteiger partial charge in [0.2, 0.25) is 0 Å². The molecule has 1 fully saturated rings. The third-order valence-electron chi connectivity index (χ3n) is 4.16. The van der Waals surface area contributed by atoms with Gasteiger partial charge in [0, 0.05) is 13.1 Å². The first kappa shape index (κ1) is 16.7. The van der Waals surface area contributed by atoms with Gasteiger partial charge in [-0.25, -0.2) is 9.18 Å². The maximum absolute atomic E-state index is 13.0. The van der Waals surface area contributed by atoms with Crippen molar-refractivity contribution in [1.82, 2.24) is 15.5 Å². The highest BCUT2D eigenvalue weighted by atomic mass is 19.1. The van der Waals surface area contributed by atoms with Gasteiger partial charge in [-0.05, 0) is 62.5 Å². The molecule has 1 aliphatic heterocycles. The van der Waals surface area contributed by atoms with Crippen LogP contribution in [0.3, 0.4) is 0 Å². The monoisotopic (exact) mass is 307 g/mol. The Morgan fingerprint density at radius 3 is 2.82 bits per heavy atom. The van der Waals surface area contributed by atoms with Crippen molar-refractivity contribution in [3.63, 3.8) is 0 Å².